The average Bonchev–Trinajstić information content (AvgIpc) is 3.11. The Morgan fingerprint density at radius 3 is 2.71 bits per heavy atom. The van der Waals surface area contributed by atoms with Crippen LogP contribution >= 0.6 is 11.6 Å². The van der Waals surface area contributed by atoms with Crippen molar-refractivity contribution >= 4 is 11.6 Å². The molecule has 1 aliphatic carbocycles. The van der Waals surface area contributed by atoms with Crippen LogP contribution in [-0.2, 0) is 6.54 Å². The molecule has 1 aliphatic rings. The zero-order valence-corrected chi connectivity index (χ0v) is 11.0. The average molecular weight is 249 g/mol. The number of nitrogens with one attached hydrogen (secondary N) is 1. The fraction of sp³-hybridized carbons (Fsp3) is 0.500. The van der Waals surface area contributed by atoms with E-state index < -0.39 is 0 Å². The fourth-order valence-electron chi connectivity index (χ4n) is 2.03. The third-order valence-electron chi connectivity index (χ3n) is 3.51. The highest BCUT2D eigenvalue weighted by Crippen LogP contribution is 2.39. The van der Waals surface area contributed by atoms with Crippen LogP contribution in [0.1, 0.15) is 37.8 Å². The molecule has 0 saturated heterocycles. The number of nitriles is 1. The highest BCUT2D eigenvalue weighted by molar-refractivity contribution is 6.31. The molecule has 2 rings (SSSR count). The molecular formula is C14H17ClN2. The van der Waals surface area contributed by atoms with Gasteiger partial charge in [-0.05, 0) is 50.3 Å². The first-order valence-electron chi connectivity index (χ1n) is 5.96. The molecule has 0 bridgehead atoms. The van der Waals surface area contributed by atoms with Gasteiger partial charge in [0.15, 0.2) is 0 Å². The molecule has 0 spiro atoms. The van der Waals surface area contributed by atoms with E-state index in [4.69, 9.17) is 16.9 Å². The molecule has 1 aromatic carbocycles. The maximum atomic E-state index is 8.77. The molecule has 1 fully saturated rings. The third-order valence-corrected chi connectivity index (χ3v) is 3.87. The van der Waals surface area contributed by atoms with Gasteiger partial charge in [-0.1, -0.05) is 17.7 Å². The van der Waals surface area contributed by atoms with Crippen molar-refractivity contribution in [2.45, 2.75) is 38.8 Å². The number of hydrogen-bond acceptors (Lipinski definition) is 2. The largest absolute Gasteiger partial charge is 0.307 e. The van der Waals surface area contributed by atoms with E-state index >= 15 is 0 Å². The maximum absolute atomic E-state index is 8.77. The van der Waals surface area contributed by atoms with Gasteiger partial charge in [-0.2, -0.15) is 5.26 Å². The van der Waals surface area contributed by atoms with Crippen LogP contribution in [0.3, 0.4) is 0 Å². The lowest BCUT2D eigenvalue weighted by Crippen LogP contribution is -2.40. The summed E-state index contributed by atoms with van der Waals surface area (Å²) in [6, 6.07) is 7.56. The van der Waals surface area contributed by atoms with E-state index in [-0.39, 0.29) is 5.54 Å². The summed E-state index contributed by atoms with van der Waals surface area (Å²) in [5.74, 6) is 0.791. The SMILES string of the molecule is CC(C)(NCc1ccc(C#N)cc1Cl)C1CC1. The van der Waals surface area contributed by atoms with Crippen LogP contribution < -0.4 is 5.32 Å². The Balaban J connectivity index is 2.02. The Morgan fingerprint density at radius 2 is 2.18 bits per heavy atom. The Labute approximate surface area is 108 Å². The lowest BCUT2D eigenvalue weighted by Gasteiger charge is -2.26. The lowest BCUT2D eigenvalue weighted by molar-refractivity contribution is 0.339. The zero-order chi connectivity index (χ0) is 12.5. The minimum atomic E-state index is 0.178. The molecule has 1 saturated carbocycles. The second-order valence-electron chi connectivity index (χ2n) is 5.27. The van der Waals surface area contributed by atoms with Gasteiger partial charge in [-0.15, -0.1) is 0 Å². The molecule has 0 atom stereocenters. The fourth-order valence-corrected chi connectivity index (χ4v) is 2.28. The molecule has 3 heteroatoms. The van der Waals surface area contributed by atoms with Gasteiger partial charge >= 0.3 is 0 Å². The normalized spacial score (nSPS) is 15.6. The molecule has 0 aliphatic heterocycles. The van der Waals surface area contributed by atoms with Crippen molar-refractivity contribution < 1.29 is 0 Å². The van der Waals surface area contributed by atoms with Gasteiger partial charge in [0.2, 0.25) is 0 Å². The summed E-state index contributed by atoms with van der Waals surface area (Å²) in [5, 5.41) is 13.0. The van der Waals surface area contributed by atoms with Crippen molar-refractivity contribution in [3.8, 4) is 6.07 Å². The molecular weight excluding hydrogens is 232 g/mol. The third kappa shape index (κ3) is 3.00. The summed E-state index contributed by atoms with van der Waals surface area (Å²) in [6.07, 6.45) is 2.64. The molecule has 0 radical (unpaired) electrons. The molecule has 17 heavy (non-hydrogen) atoms. The van der Waals surface area contributed by atoms with Crippen LogP contribution in [0.25, 0.3) is 0 Å². The zero-order valence-electron chi connectivity index (χ0n) is 10.3. The van der Waals surface area contributed by atoms with Crippen molar-refractivity contribution in [3.05, 3.63) is 34.3 Å². The highest BCUT2D eigenvalue weighted by Gasteiger charge is 2.37. The standard InChI is InChI=1S/C14H17ClN2/c1-14(2,12-5-6-12)17-9-11-4-3-10(8-16)7-13(11)15/h3-4,7,12,17H,5-6,9H2,1-2H3. The quantitative estimate of drug-likeness (QED) is 0.886. The molecule has 1 N–H and O–H groups in total. The number of nitrogens with zero attached hydrogens (tertiary/aromatic N) is 1. The monoisotopic (exact) mass is 248 g/mol. The topological polar surface area (TPSA) is 35.8 Å². The summed E-state index contributed by atoms with van der Waals surface area (Å²) in [4.78, 5) is 0. The summed E-state index contributed by atoms with van der Waals surface area (Å²) < 4.78 is 0. The Morgan fingerprint density at radius 1 is 1.47 bits per heavy atom. The summed E-state index contributed by atoms with van der Waals surface area (Å²) in [6.45, 7) is 5.23. The first kappa shape index (κ1) is 12.4. The van der Waals surface area contributed by atoms with Crippen LogP contribution in [-0.4, -0.2) is 5.54 Å². The second-order valence-corrected chi connectivity index (χ2v) is 5.67. The Hall–Kier alpha value is -1.04. The number of benzene rings is 1. The van der Waals surface area contributed by atoms with Crippen LogP contribution in [0.4, 0.5) is 0 Å². The van der Waals surface area contributed by atoms with Gasteiger partial charge in [0, 0.05) is 17.1 Å². The second kappa shape index (κ2) is 4.68. The Kier molecular flexibility index (Phi) is 3.42. The first-order chi connectivity index (χ1) is 8.03. The van der Waals surface area contributed by atoms with E-state index in [1.807, 2.05) is 12.1 Å². The van der Waals surface area contributed by atoms with E-state index in [1.54, 1.807) is 6.07 Å². The van der Waals surface area contributed by atoms with E-state index in [0.29, 0.717) is 10.6 Å². The van der Waals surface area contributed by atoms with Crippen molar-refractivity contribution in [1.82, 2.24) is 5.32 Å². The molecule has 0 unspecified atom stereocenters. The van der Waals surface area contributed by atoms with E-state index in [2.05, 4.69) is 25.2 Å². The highest BCUT2D eigenvalue weighted by atomic mass is 35.5. The van der Waals surface area contributed by atoms with Crippen LogP contribution in [0.2, 0.25) is 5.02 Å². The summed E-state index contributed by atoms with van der Waals surface area (Å²) in [7, 11) is 0. The summed E-state index contributed by atoms with van der Waals surface area (Å²) >= 11 is 6.14. The van der Waals surface area contributed by atoms with Gasteiger partial charge in [0.05, 0.1) is 11.6 Å². The van der Waals surface area contributed by atoms with Gasteiger partial charge in [0.25, 0.3) is 0 Å². The van der Waals surface area contributed by atoms with Crippen molar-refractivity contribution in [2.24, 2.45) is 5.92 Å². The van der Waals surface area contributed by atoms with Crippen molar-refractivity contribution in [2.75, 3.05) is 0 Å². The van der Waals surface area contributed by atoms with Crippen molar-refractivity contribution in [1.29, 1.82) is 5.26 Å². The van der Waals surface area contributed by atoms with E-state index in [9.17, 15) is 0 Å². The Bertz CT molecular complexity index is 456. The van der Waals surface area contributed by atoms with E-state index in [1.165, 1.54) is 12.8 Å². The molecule has 2 nitrogen and oxygen atoms in total. The molecule has 0 amide bonds. The molecule has 0 aromatic heterocycles. The van der Waals surface area contributed by atoms with Gasteiger partial charge in [-0.3, -0.25) is 0 Å². The number of hydrogen-bond donors (Lipinski definition) is 1. The van der Waals surface area contributed by atoms with Gasteiger partial charge in [-0.25, -0.2) is 0 Å². The van der Waals surface area contributed by atoms with Crippen LogP contribution in [0.5, 0.6) is 0 Å². The van der Waals surface area contributed by atoms with Crippen LogP contribution in [0.15, 0.2) is 18.2 Å². The number of rotatable bonds is 4. The molecule has 90 valence electrons. The summed E-state index contributed by atoms with van der Waals surface area (Å²) in [5.41, 5.74) is 1.84. The number of halogens is 1. The van der Waals surface area contributed by atoms with Gasteiger partial charge in [0.1, 0.15) is 0 Å². The predicted molar refractivity (Wildman–Crippen MR) is 69.8 cm³/mol. The molecule has 1 aromatic rings. The minimum absolute atomic E-state index is 0.178. The lowest BCUT2D eigenvalue weighted by atomic mass is 9.98. The maximum Gasteiger partial charge on any atom is 0.0992 e. The predicted octanol–water partition coefficient (Wildman–Crippen LogP) is 3.49. The van der Waals surface area contributed by atoms with Gasteiger partial charge < -0.3 is 5.32 Å². The first-order valence-corrected chi connectivity index (χ1v) is 6.34. The molecule has 0 heterocycles. The van der Waals surface area contributed by atoms with Crippen molar-refractivity contribution in [3.63, 3.8) is 0 Å². The minimum Gasteiger partial charge on any atom is -0.307 e. The smallest absolute Gasteiger partial charge is 0.0992 e. The van der Waals surface area contributed by atoms with E-state index in [0.717, 1.165) is 18.0 Å². The van der Waals surface area contributed by atoms with Crippen LogP contribution in [0, 0.1) is 17.2 Å².